The summed E-state index contributed by atoms with van der Waals surface area (Å²) < 4.78 is 32.3. The number of carbonyl (C=O) groups is 2. The molecule has 0 aliphatic rings. The van der Waals surface area contributed by atoms with E-state index in [1.807, 2.05) is 0 Å². The van der Waals surface area contributed by atoms with Gasteiger partial charge in [0.1, 0.15) is 23.1 Å². The molecular formula is C21H15F2NO4. The van der Waals surface area contributed by atoms with Gasteiger partial charge in [-0.25, -0.2) is 13.6 Å². The van der Waals surface area contributed by atoms with Crippen molar-refractivity contribution in [1.29, 1.82) is 0 Å². The van der Waals surface area contributed by atoms with E-state index >= 15 is 0 Å². The van der Waals surface area contributed by atoms with Gasteiger partial charge in [-0.2, -0.15) is 0 Å². The molecule has 0 spiro atoms. The van der Waals surface area contributed by atoms with E-state index < -0.39 is 23.5 Å². The van der Waals surface area contributed by atoms with Crippen LogP contribution >= 0.6 is 0 Å². The molecule has 0 radical (unpaired) electrons. The summed E-state index contributed by atoms with van der Waals surface area (Å²) in [6, 6.07) is 14.8. The first kappa shape index (κ1) is 19.0. The van der Waals surface area contributed by atoms with E-state index in [4.69, 9.17) is 4.74 Å². The second kappa shape index (κ2) is 8.30. The van der Waals surface area contributed by atoms with E-state index in [1.165, 1.54) is 36.4 Å². The first-order valence-corrected chi connectivity index (χ1v) is 8.26. The van der Waals surface area contributed by atoms with E-state index in [9.17, 15) is 23.5 Å². The zero-order valence-corrected chi connectivity index (χ0v) is 14.5. The molecule has 2 N–H and O–H groups in total. The SMILES string of the molecule is O=C(O)c1ccccc1CNC(=O)c1cc(F)ccc1Oc1ccc(F)cc1. The highest BCUT2D eigenvalue weighted by Gasteiger charge is 2.16. The predicted octanol–water partition coefficient (Wildman–Crippen LogP) is 4.39. The Morgan fingerprint density at radius 3 is 2.29 bits per heavy atom. The lowest BCUT2D eigenvalue weighted by atomic mass is 10.1. The summed E-state index contributed by atoms with van der Waals surface area (Å²) in [7, 11) is 0. The highest BCUT2D eigenvalue weighted by atomic mass is 19.1. The fraction of sp³-hybridized carbons (Fsp3) is 0.0476. The number of hydrogen-bond acceptors (Lipinski definition) is 3. The minimum absolute atomic E-state index is 0.0600. The van der Waals surface area contributed by atoms with Gasteiger partial charge in [0.05, 0.1) is 11.1 Å². The zero-order chi connectivity index (χ0) is 20.1. The lowest BCUT2D eigenvalue weighted by Crippen LogP contribution is -2.24. The third-order valence-corrected chi connectivity index (χ3v) is 3.91. The third-order valence-electron chi connectivity index (χ3n) is 3.91. The third kappa shape index (κ3) is 4.50. The van der Waals surface area contributed by atoms with Gasteiger partial charge in [-0.3, -0.25) is 4.79 Å². The topological polar surface area (TPSA) is 75.6 Å². The fourth-order valence-corrected chi connectivity index (χ4v) is 2.55. The van der Waals surface area contributed by atoms with Crippen LogP contribution in [0, 0.1) is 11.6 Å². The van der Waals surface area contributed by atoms with Crippen LogP contribution in [0.1, 0.15) is 26.3 Å². The Morgan fingerprint density at radius 2 is 1.57 bits per heavy atom. The number of amides is 1. The molecule has 3 rings (SSSR count). The normalized spacial score (nSPS) is 10.4. The molecule has 0 aliphatic heterocycles. The number of nitrogens with one attached hydrogen (secondary N) is 1. The second-order valence-electron chi connectivity index (χ2n) is 5.84. The molecule has 0 saturated heterocycles. The van der Waals surface area contributed by atoms with Gasteiger partial charge < -0.3 is 15.2 Å². The molecule has 7 heteroatoms. The molecular weight excluding hydrogens is 368 g/mol. The molecule has 5 nitrogen and oxygen atoms in total. The number of rotatable bonds is 6. The summed E-state index contributed by atoms with van der Waals surface area (Å²) in [5, 5.41) is 11.8. The maximum atomic E-state index is 13.7. The van der Waals surface area contributed by atoms with E-state index in [2.05, 4.69) is 5.32 Å². The molecule has 0 heterocycles. The molecule has 0 unspecified atom stereocenters. The fourth-order valence-electron chi connectivity index (χ4n) is 2.55. The summed E-state index contributed by atoms with van der Waals surface area (Å²) in [6.07, 6.45) is 0. The molecule has 0 atom stereocenters. The van der Waals surface area contributed by atoms with Crippen LogP contribution in [0.25, 0.3) is 0 Å². The quantitative estimate of drug-likeness (QED) is 0.662. The molecule has 3 aromatic carbocycles. The summed E-state index contributed by atoms with van der Waals surface area (Å²) in [4.78, 5) is 23.8. The van der Waals surface area contributed by atoms with Crippen LogP contribution in [0.5, 0.6) is 11.5 Å². The first-order valence-electron chi connectivity index (χ1n) is 8.26. The molecule has 0 aromatic heterocycles. The van der Waals surface area contributed by atoms with Crippen molar-refractivity contribution in [2.45, 2.75) is 6.54 Å². The van der Waals surface area contributed by atoms with Gasteiger partial charge in [0.2, 0.25) is 0 Å². The summed E-state index contributed by atoms with van der Waals surface area (Å²) in [6.45, 7) is -0.0617. The van der Waals surface area contributed by atoms with Crippen LogP contribution in [0.3, 0.4) is 0 Å². The number of carboxylic acid groups (broad SMARTS) is 1. The van der Waals surface area contributed by atoms with Crippen molar-refractivity contribution in [3.8, 4) is 11.5 Å². The monoisotopic (exact) mass is 383 g/mol. The first-order chi connectivity index (χ1) is 13.4. The van der Waals surface area contributed by atoms with Gasteiger partial charge in [-0.1, -0.05) is 18.2 Å². The smallest absolute Gasteiger partial charge is 0.336 e. The van der Waals surface area contributed by atoms with Gasteiger partial charge in [0.25, 0.3) is 5.91 Å². The largest absolute Gasteiger partial charge is 0.478 e. The average Bonchev–Trinajstić information content (AvgIpc) is 2.69. The lowest BCUT2D eigenvalue weighted by Gasteiger charge is -2.12. The van der Waals surface area contributed by atoms with Crippen LogP contribution in [0.4, 0.5) is 8.78 Å². The van der Waals surface area contributed by atoms with Crippen molar-refractivity contribution < 1.29 is 28.2 Å². The highest BCUT2D eigenvalue weighted by Crippen LogP contribution is 2.26. The Labute approximate surface area is 159 Å². The lowest BCUT2D eigenvalue weighted by molar-refractivity contribution is 0.0694. The van der Waals surface area contributed by atoms with Crippen LogP contribution < -0.4 is 10.1 Å². The summed E-state index contributed by atoms with van der Waals surface area (Å²) >= 11 is 0. The van der Waals surface area contributed by atoms with Crippen molar-refractivity contribution in [3.05, 3.63) is 95.1 Å². The van der Waals surface area contributed by atoms with Crippen molar-refractivity contribution in [3.63, 3.8) is 0 Å². The summed E-state index contributed by atoms with van der Waals surface area (Å²) in [5.41, 5.74) is 0.391. The van der Waals surface area contributed by atoms with Gasteiger partial charge in [-0.15, -0.1) is 0 Å². The number of carbonyl (C=O) groups excluding carboxylic acids is 1. The summed E-state index contributed by atoms with van der Waals surface area (Å²) in [5.74, 6) is -2.48. The second-order valence-corrected chi connectivity index (χ2v) is 5.84. The van der Waals surface area contributed by atoms with E-state index in [0.29, 0.717) is 5.56 Å². The Morgan fingerprint density at radius 1 is 0.893 bits per heavy atom. The van der Waals surface area contributed by atoms with Crippen molar-refractivity contribution in [1.82, 2.24) is 5.32 Å². The molecule has 28 heavy (non-hydrogen) atoms. The van der Waals surface area contributed by atoms with Gasteiger partial charge in [-0.05, 0) is 54.1 Å². The minimum atomic E-state index is -1.11. The Hall–Kier alpha value is -3.74. The highest BCUT2D eigenvalue weighted by molar-refractivity contribution is 5.97. The number of hydrogen-bond donors (Lipinski definition) is 2. The molecule has 0 fully saturated rings. The van der Waals surface area contributed by atoms with Crippen LogP contribution in [0.2, 0.25) is 0 Å². The molecule has 3 aromatic rings. The Balaban J connectivity index is 1.80. The van der Waals surface area contributed by atoms with Crippen LogP contribution in [-0.2, 0) is 6.54 Å². The average molecular weight is 383 g/mol. The number of halogens is 2. The molecule has 1 amide bonds. The molecule has 0 bridgehead atoms. The molecule has 142 valence electrons. The van der Waals surface area contributed by atoms with E-state index in [-0.39, 0.29) is 29.2 Å². The van der Waals surface area contributed by atoms with Gasteiger partial charge in [0, 0.05) is 6.54 Å². The van der Waals surface area contributed by atoms with E-state index in [1.54, 1.807) is 18.2 Å². The predicted molar refractivity (Wildman–Crippen MR) is 97.4 cm³/mol. The number of ether oxygens (including phenoxy) is 1. The van der Waals surface area contributed by atoms with Crippen molar-refractivity contribution in [2.24, 2.45) is 0 Å². The minimum Gasteiger partial charge on any atom is -0.478 e. The maximum absolute atomic E-state index is 13.7. The number of carboxylic acids is 1. The zero-order valence-electron chi connectivity index (χ0n) is 14.5. The maximum Gasteiger partial charge on any atom is 0.336 e. The standard InChI is InChI=1S/C21H15F2NO4/c22-14-5-8-16(9-6-14)28-19-10-7-15(23)11-18(19)20(25)24-12-13-3-1-2-4-17(13)21(26)27/h1-11H,12H2,(H,24,25)(H,26,27). The van der Waals surface area contributed by atoms with Crippen molar-refractivity contribution >= 4 is 11.9 Å². The van der Waals surface area contributed by atoms with Crippen LogP contribution in [-0.4, -0.2) is 17.0 Å². The molecule has 0 aliphatic carbocycles. The van der Waals surface area contributed by atoms with Crippen LogP contribution in [0.15, 0.2) is 66.7 Å². The Kier molecular flexibility index (Phi) is 5.64. The van der Waals surface area contributed by atoms with Crippen molar-refractivity contribution in [2.75, 3.05) is 0 Å². The number of benzene rings is 3. The molecule has 0 saturated carbocycles. The number of aromatic carboxylic acids is 1. The Bertz CT molecular complexity index is 1020. The van der Waals surface area contributed by atoms with Gasteiger partial charge >= 0.3 is 5.97 Å². The van der Waals surface area contributed by atoms with E-state index in [0.717, 1.165) is 12.1 Å². The van der Waals surface area contributed by atoms with Gasteiger partial charge in [0.15, 0.2) is 0 Å².